The summed E-state index contributed by atoms with van der Waals surface area (Å²) in [5.74, 6) is -1.67. The number of carbonyl (C=O) groups is 5. The van der Waals surface area contributed by atoms with Crippen LogP contribution in [0.25, 0.3) is 0 Å². The second-order valence-electron chi connectivity index (χ2n) is 8.08. The zero-order chi connectivity index (χ0) is 26.9. The van der Waals surface area contributed by atoms with Crippen LogP contribution in [0, 0.1) is 0 Å². The largest absolute Gasteiger partial charge is 0.483 e. The van der Waals surface area contributed by atoms with Gasteiger partial charge in [0.05, 0.1) is 43.6 Å². The van der Waals surface area contributed by atoms with Gasteiger partial charge < -0.3 is 39.6 Å². The van der Waals surface area contributed by atoms with Crippen LogP contribution in [-0.4, -0.2) is 101 Å². The summed E-state index contributed by atoms with van der Waals surface area (Å²) >= 11 is 0. The first kappa shape index (κ1) is 30.0. The van der Waals surface area contributed by atoms with Crippen molar-refractivity contribution in [2.24, 2.45) is 5.73 Å². The number of ether oxygens (including phenoxy) is 4. The zero-order valence-corrected chi connectivity index (χ0v) is 20.9. The zero-order valence-electron chi connectivity index (χ0n) is 20.9. The third kappa shape index (κ3) is 9.65. The van der Waals surface area contributed by atoms with E-state index in [2.05, 4.69) is 5.32 Å². The summed E-state index contributed by atoms with van der Waals surface area (Å²) in [5, 5.41) is 2.69. The Morgan fingerprint density at radius 1 is 0.973 bits per heavy atom. The predicted molar refractivity (Wildman–Crippen MR) is 131 cm³/mol. The Labute approximate surface area is 215 Å². The molecule has 1 aromatic rings. The van der Waals surface area contributed by atoms with Gasteiger partial charge in [0.1, 0.15) is 18.3 Å². The minimum Gasteiger partial charge on any atom is -0.483 e. The van der Waals surface area contributed by atoms with E-state index in [1.807, 2.05) is 0 Å². The molecular weight excluding hydrogens is 486 g/mol. The van der Waals surface area contributed by atoms with Gasteiger partial charge >= 0.3 is 0 Å². The van der Waals surface area contributed by atoms with Crippen molar-refractivity contribution in [2.45, 2.75) is 31.7 Å². The Bertz CT molecular complexity index is 909. The van der Waals surface area contributed by atoms with E-state index in [1.54, 1.807) is 0 Å². The number of nitrogens with zero attached hydrogens (tertiary/aromatic N) is 1. The number of imide groups is 1. The molecule has 0 saturated carbocycles. The fourth-order valence-corrected chi connectivity index (χ4v) is 3.51. The lowest BCUT2D eigenvalue weighted by atomic mass is 10.1. The minimum absolute atomic E-state index is 0.00371. The molecular formula is C25H35N3O9. The van der Waals surface area contributed by atoms with E-state index in [0.29, 0.717) is 71.7 Å². The first-order valence-electron chi connectivity index (χ1n) is 12.3. The van der Waals surface area contributed by atoms with Crippen LogP contribution in [0.15, 0.2) is 18.2 Å². The van der Waals surface area contributed by atoms with Crippen molar-refractivity contribution in [3.63, 3.8) is 0 Å². The molecule has 0 bridgehead atoms. The Hall–Kier alpha value is -3.19. The summed E-state index contributed by atoms with van der Waals surface area (Å²) in [6.07, 6.45) is 2.57. The summed E-state index contributed by atoms with van der Waals surface area (Å²) in [7, 11) is 0. The normalized spacial score (nSPS) is 13.4. The molecule has 0 radical (unpaired) electrons. The monoisotopic (exact) mass is 521 g/mol. The van der Waals surface area contributed by atoms with Gasteiger partial charge in [-0.2, -0.15) is 0 Å². The maximum absolute atomic E-state index is 12.9. The number of hydrogen-bond donors (Lipinski definition) is 2. The van der Waals surface area contributed by atoms with Crippen LogP contribution >= 0.6 is 0 Å². The molecule has 204 valence electrons. The average molecular weight is 522 g/mol. The number of nitrogens with one attached hydrogen (secondary N) is 1. The smallest absolute Gasteiger partial charge is 0.265 e. The number of rotatable bonds is 21. The third-order valence-corrected chi connectivity index (χ3v) is 5.36. The van der Waals surface area contributed by atoms with Crippen LogP contribution in [0.2, 0.25) is 0 Å². The van der Waals surface area contributed by atoms with E-state index in [4.69, 9.17) is 24.7 Å². The number of nitrogens with two attached hydrogens (primary N) is 1. The Morgan fingerprint density at radius 2 is 1.65 bits per heavy atom. The number of fused-ring (bicyclic) bond motifs is 1. The molecule has 1 aliphatic heterocycles. The number of carbonyl (C=O) groups excluding carboxylic acids is 5. The maximum atomic E-state index is 12.9. The Kier molecular flexibility index (Phi) is 14.0. The standard InChI is InChI=1S/C25H35N3O9/c26-8-3-11-34-13-15-36-16-14-35-12-4-9-27-22(31)18-37-21-7-1-6-20-23(21)25(33)28(24(20)32)19(17-30)5-2-10-29/h1,6-7,10,17,19H,2-5,8-9,11-16,18,26H2,(H,27,31). The summed E-state index contributed by atoms with van der Waals surface area (Å²) in [6.45, 7) is 3.58. The van der Waals surface area contributed by atoms with E-state index >= 15 is 0 Å². The molecule has 1 heterocycles. The molecule has 0 fully saturated rings. The first-order valence-corrected chi connectivity index (χ1v) is 12.3. The van der Waals surface area contributed by atoms with E-state index in [1.165, 1.54) is 18.2 Å². The lowest BCUT2D eigenvalue weighted by molar-refractivity contribution is -0.123. The lowest BCUT2D eigenvalue weighted by Crippen LogP contribution is -2.41. The van der Waals surface area contributed by atoms with Crippen LogP contribution in [0.3, 0.4) is 0 Å². The Morgan fingerprint density at radius 3 is 2.30 bits per heavy atom. The van der Waals surface area contributed by atoms with Crippen LogP contribution < -0.4 is 15.8 Å². The van der Waals surface area contributed by atoms with Crippen molar-refractivity contribution in [3.05, 3.63) is 29.3 Å². The molecule has 2 rings (SSSR count). The summed E-state index contributed by atoms with van der Waals surface area (Å²) in [6, 6.07) is 3.40. The van der Waals surface area contributed by atoms with Gasteiger partial charge in [-0.3, -0.25) is 19.3 Å². The maximum Gasteiger partial charge on any atom is 0.265 e. The quantitative estimate of drug-likeness (QED) is 0.129. The van der Waals surface area contributed by atoms with Gasteiger partial charge in [-0.05, 0) is 37.9 Å². The minimum atomic E-state index is -1.05. The number of benzene rings is 1. The van der Waals surface area contributed by atoms with Crippen LogP contribution in [-0.2, 0) is 28.6 Å². The molecule has 1 atom stereocenters. The van der Waals surface area contributed by atoms with E-state index in [9.17, 15) is 24.0 Å². The topological polar surface area (TPSA) is 164 Å². The highest BCUT2D eigenvalue weighted by molar-refractivity contribution is 6.23. The van der Waals surface area contributed by atoms with Gasteiger partial charge in [-0.1, -0.05) is 6.07 Å². The molecule has 1 aliphatic rings. The second kappa shape index (κ2) is 17.3. The molecule has 0 aromatic heterocycles. The molecule has 37 heavy (non-hydrogen) atoms. The van der Waals surface area contributed by atoms with Crippen molar-refractivity contribution in [1.29, 1.82) is 0 Å². The highest BCUT2D eigenvalue weighted by Crippen LogP contribution is 2.32. The van der Waals surface area contributed by atoms with Gasteiger partial charge in [-0.25, -0.2) is 0 Å². The van der Waals surface area contributed by atoms with Crippen molar-refractivity contribution in [3.8, 4) is 5.75 Å². The molecule has 0 aliphatic carbocycles. The fraction of sp³-hybridized carbons (Fsp3) is 0.560. The molecule has 0 spiro atoms. The van der Waals surface area contributed by atoms with E-state index < -0.39 is 23.8 Å². The number of amides is 3. The molecule has 12 heteroatoms. The third-order valence-electron chi connectivity index (χ3n) is 5.36. The van der Waals surface area contributed by atoms with Crippen molar-refractivity contribution < 1.29 is 42.9 Å². The number of aldehydes is 2. The van der Waals surface area contributed by atoms with E-state index in [0.717, 1.165) is 11.3 Å². The first-order chi connectivity index (χ1) is 18.0. The van der Waals surface area contributed by atoms with Gasteiger partial charge in [0.25, 0.3) is 17.7 Å². The summed E-state index contributed by atoms with van der Waals surface area (Å²) in [5.41, 5.74) is 5.45. The molecule has 3 N–H and O–H groups in total. The molecule has 1 unspecified atom stereocenters. The van der Waals surface area contributed by atoms with Crippen LogP contribution in [0.5, 0.6) is 5.75 Å². The molecule has 1 aromatic carbocycles. The summed E-state index contributed by atoms with van der Waals surface area (Å²) in [4.78, 5) is 60.7. The Balaban J connectivity index is 1.67. The fourth-order valence-electron chi connectivity index (χ4n) is 3.51. The van der Waals surface area contributed by atoms with Crippen molar-refractivity contribution in [2.75, 3.05) is 59.3 Å². The van der Waals surface area contributed by atoms with Crippen molar-refractivity contribution in [1.82, 2.24) is 10.2 Å². The molecule has 0 saturated heterocycles. The lowest BCUT2D eigenvalue weighted by Gasteiger charge is -2.20. The van der Waals surface area contributed by atoms with Crippen molar-refractivity contribution >= 4 is 30.3 Å². The highest BCUT2D eigenvalue weighted by atomic mass is 16.5. The van der Waals surface area contributed by atoms with Crippen LogP contribution in [0.1, 0.15) is 46.4 Å². The number of hydrogen-bond acceptors (Lipinski definition) is 10. The second-order valence-corrected chi connectivity index (χ2v) is 8.08. The van der Waals surface area contributed by atoms with Gasteiger partial charge in [0.2, 0.25) is 0 Å². The SMILES string of the molecule is NCCCOCCOCCOCCCNC(=O)COc1cccc2c1C(=O)N(C(C=O)CCC=O)C2=O. The van der Waals surface area contributed by atoms with Gasteiger partial charge in [-0.15, -0.1) is 0 Å². The molecule has 12 nitrogen and oxygen atoms in total. The molecule has 3 amide bonds. The highest BCUT2D eigenvalue weighted by Gasteiger charge is 2.41. The average Bonchev–Trinajstić information content (AvgIpc) is 3.16. The predicted octanol–water partition coefficient (Wildman–Crippen LogP) is 0.113. The van der Waals surface area contributed by atoms with Gasteiger partial charge in [0, 0.05) is 26.2 Å². The van der Waals surface area contributed by atoms with Gasteiger partial charge in [0.15, 0.2) is 6.61 Å². The summed E-state index contributed by atoms with van der Waals surface area (Å²) < 4.78 is 21.6. The van der Waals surface area contributed by atoms with E-state index in [-0.39, 0.29) is 36.3 Å². The van der Waals surface area contributed by atoms with Crippen LogP contribution in [0.4, 0.5) is 0 Å².